The van der Waals surface area contributed by atoms with E-state index in [9.17, 15) is 14.0 Å². The fourth-order valence-corrected chi connectivity index (χ4v) is 1.98. The predicted molar refractivity (Wildman–Crippen MR) is 75.6 cm³/mol. The molecule has 1 rings (SSSR count). The monoisotopic (exact) mass is 281 g/mol. The average molecular weight is 281 g/mol. The fourth-order valence-electron chi connectivity index (χ4n) is 1.98. The fraction of sp³-hybridized carbons (Fsp3) is 0.429. The summed E-state index contributed by atoms with van der Waals surface area (Å²) in [5.41, 5.74) is 10.1. The summed E-state index contributed by atoms with van der Waals surface area (Å²) in [7, 11) is 0. The normalized spacial score (nSPS) is 11.2. The lowest BCUT2D eigenvalue weighted by atomic mass is 9.81. The van der Waals surface area contributed by atoms with E-state index in [1.54, 1.807) is 0 Å². The molecule has 0 spiro atoms. The van der Waals surface area contributed by atoms with Gasteiger partial charge >= 0.3 is 0 Å². The quantitative estimate of drug-likeness (QED) is 0.739. The average Bonchev–Trinajstić information content (AvgIpc) is 2.43. The van der Waals surface area contributed by atoms with Crippen molar-refractivity contribution in [1.29, 1.82) is 0 Å². The van der Waals surface area contributed by atoms with Crippen molar-refractivity contribution in [2.75, 3.05) is 11.9 Å². The molecule has 0 saturated heterocycles. The number of amides is 2. The molecule has 20 heavy (non-hydrogen) atoms. The summed E-state index contributed by atoms with van der Waals surface area (Å²) >= 11 is 0. The van der Waals surface area contributed by atoms with Crippen molar-refractivity contribution in [3.8, 4) is 0 Å². The SMILES string of the molecule is CCC(CC)(CN)C(=O)Nc1cc(C(N)=O)ccc1F. The molecule has 1 aromatic carbocycles. The summed E-state index contributed by atoms with van der Waals surface area (Å²) in [6, 6.07) is 3.59. The minimum atomic E-state index is -0.741. The smallest absolute Gasteiger partial charge is 0.248 e. The minimum Gasteiger partial charge on any atom is -0.366 e. The van der Waals surface area contributed by atoms with Gasteiger partial charge in [-0.15, -0.1) is 0 Å². The van der Waals surface area contributed by atoms with E-state index in [2.05, 4.69) is 5.32 Å². The first kappa shape index (κ1) is 16.1. The molecule has 0 aliphatic heterocycles. The number of primary amides is 1. The van der Waals surface area contributed by atoms with Crippen molar-refractivity contribution in [3.63, 3.8) is 0 Å². The van der Waals surface area contributed by atoms with Crippen LogP contribution in [0.5, 0.6) is 0 Å². The Bertz CT molecular complexity index is 505. The lowest BCUT2D eigenvalue weighted by Gasteiger charge is -2.28. The summed E-state index contributed by atoms with van der Waals surface area (Å²) in [5.74, 6) is -1.66. The van der Waals surface area contributed by atoms with Crippen LogP contribution in [0.4, 0.5) is 10.1 Å². The second-order valence-electron chi connectivity index (χ2n) is 4.70. The molecule has 0 bridgehead atoms. The maximum atomic E-state index is 13.7. The highest BCUT2D eigenvalue weighted by atomic mass is 19.1. The summed E-state index contributed by atoms with van der Waals surface area (Å²) < 4.78 is 13.7. The number of halogens is 1. The molecule has 0 heterocycles. The lowest BCUT2D eigenvalue weighted by Crippen LogP contribution is -2.41. The molecule has 110 valence electrons. The van der Waals surface area contributed by atoms with Gasteiger partial charge in [0.05, 0.1) is 11.1 Å². The number of hydrogen-bond donors (Lipinski definition) is 3. The standard InChI is InChI=1S/C14H20FN3O2/c1-3-14(4-2,8-16)13(20)18-11-7-9(12(17)19)5-6-10(11)15/h5-7H,3-4,8,16H2,1-2H3,(H2,17,19)(H,18,20). The van der Waals surface area contributed by atoms with E-state index in [1.807, 2.05) is 13.8 Å². The molecule has 0 fully saturated rings. The topological polar surface area (TPSA) is 98.2 Å². The van der Waals surface area contributed by atoms with E-state index in [1.165, 1.54) is 12.1 Å². The van der Waals surface area contributed by atoms with Crippen LogP contribution in [0.15, 0.2) is 18.2 Å². The number of nitrogens with two attached hydrogens (primary N) is 2. The number of anilines is 1. The molecule has 1 aromatic rings. The van der Waals surface area contributed by atoms with Gasteiger partial charge in [0, 0.05) is 12.1 Å². The van der Waals surface area contributed by atoms with E-state index in [0.29, 0.717) is 12.8 Å². The van der Waals surface area contributed by atoms with Crippen LogP contribution in [0, 0.1) is 11.2 Å². The van der Waals surface area contributed by atoms with E-state index in [-0.39, 0.29) is 23.7 Å². The van der Waals surface area contributed by atoms with Crippen molar-refractivity contribution in [3.05, 3.63) is 29.6 Å². The van der Waals surface area contributed by atoms with Crippen LogP contribution in [-0.4, -0.2) is 18.4 Å². The van der Waals surface area contributed by atoms with Gasteiger partial charge in [-0.2, -0.15) is 0 Å². The summed E-state index contributed by atoms with van der Waals surface area (Å²) in [6.07, 6.45) is 1.09. The van der Waals surface area contributed by atoms with Crippen molar-refractivity contribution in [1.82, 2.24) is 0 Å². The molecule has 0 atom stereocenters. The Morgan fingerprint density at radius 1 is 1.30 bits per heavy atom. The molecule has 6 heteroatoms. The second-order valence-corrected chi connectivity index (χ2v) is 4.70. The van der Waals surface area contributed by atoms with Crippen LogP contribution in [0.25, 0.3) is 0 Å². The molecular weight excluding hydrogens is 261 g/mol. The van der Waals surface area contributed by atoms with Gasteiger partial charge in [-0.1, -0.05) is 13.8 Å². The Morgan fingerprint density at radius 2 is 1.90 bits per heavy atom. The van der Waals surface area contributed by atoms with E-state index in [4.69, 9.17) is 11.5 Å². The number of carbonyl (C=O) groups is 2. The highest BCUT2D eigenvalue weighted by Crippen LogP contribution is 2.27. The number of nitrogens with one attached hydrogen (secondary N) is 1. The largest absolute Gasteiger partial charge is 0.366 e. The van der Waals surface area contributed by atoms with Crippen LogP contribution in [0.2, 0.25) is 0 Å². The molecule has 0 unspecified atom stereocenters. The maximum Gasteiger partial charge on any atom is 0.248 e. The first-order valence-electron chi connectivity index (χ1n) is 6.51. The molecule has 5 nitrogen and oxygen atoms in total. The zero-order valence-corrected chi connectivity index (χ0v) is 11.7. The van der Waals surface area contributed by atoms with Crippen LogP contribution < -0.4 is 16.8 Å². The summed E-state index contributed by atoms with van der Waals surface area (Å²) in [6.45, 7) is 3.88. The Balaban J connectivity index is 3.06. The van der Waals surface area contributed by atoms with Gasteiger partial charge < -0.3 is 16.8 Å². The van der Waals surface area contributed by atoms with Crippen LogP contribution in [-0.2, 0) is 4.79 Å². The number of benzene rings is 1. The van der Waals surface area contributed by atoms with Gasteiger partial charge in [-0.05, 0) is 31.0 Å². The van der Waals surface area contributed by atoms with Gasteiger partial charge in [0.2, 0.25) is 11.8 Å². The highest BCUT2D eigenvalue weighted by molar-refractivity contribution is 5.98. The van der Waals surface area contributed by atoms with Crippen molar-refractivity contribution in [2.45, 2.75) is 26.7 Å². The maximum absolute atomic E-state index is 13.7. The third-order valence-corrected chi connectivity index (χ3v) is 3.73. The van der Waals surface area contributed by atoms with Crippen LogP contribution >= 0.6 is 0 Å². The molecule has 0 saturated carbocycles. The molecule has 0 aliphatic rings. The molecule has 5 N–H and O–H groups in total. The van der Waals surface area contributed by atoms with E-state index >= 15 is 0 Å². The Labute approximate surface area is 117 Å². The Hall–Kier alpha value is -1.95. The van der Waals surface area contributed by atoms with Crippen LogP contribution in [0.1, 0.15) is 37.0 Å². The molecule has 0 aromatic heterocycles. The van der Waals surface area contributed by atoms with Crippen molar-refractivity contribution in [2.24, 2.45) is 16.9 Å². The van der Waals surface area contributed by atoms with Crippen LogP contribution in [0.3, 0.4) is 0 Å². The molecular formula is C14H20FN3O2. The van der Waals surface area contributed by atoms with E-state index in [0.717, 1.165) is 6.07 Å². The van der Waals surface area contributed by atoms with Crippen molar-refractivity contribution < 1.29 is 14.0 Å². The predicted octanol–water partition coefficient (Wildman–Crippen LogP) is 1.63. The summed E-state index contributed by atoms with van der Waals surface area (Å²) in [4.78, 5) is 23.4. The number of hydrogen-bond acceptors (Lipinski definition) is 3. The van der Waals surface area contributed by atoms with Gasteiger partial charge in [-0.3, -0.25) is 9.59 Å². The highest BCUT2D eigenvalue weighted by Gasteiger charge is 2.33. The first-order chi connectivity index (χ1) is 9.40. The summed E-state index contributed by atoms with van der Waals surface area (Å²) in [5, 5.41) is 2.50. The van der Waals surface area contributed by atoms with Crippen molar-refractivity contribution >= 4 is 17.5 Å². The van der Waals surface area contributed by atoms with Gasteiger partial charge in [0.1, 0.15) is 5.82 Å². The van der Waals surface area contributed by atoms with Gasteiger partial charge in [-0.25, -0.2) is 4.39 Å². The number of carbonyl (C=O) groups excluding carboxylic acids is 2. The third-order valence-electron chi connectivity index (χ3n) is 3.73. The van der Waals surface area contributed by atoms with Gasteiger partial charge in [0.15, 0.2) is 0 Å². The lowest BCUT2D eigenvalue weighted by molar-refractivity contribution is -0.125. The third kappa shape index (κ3) is 3.14. The molecule has 0 radical (unpaired) electrons. The van der Waals surface area contributed by atoms with Gasteiger partial charge in [0.25, 0.3) is 0 Å². The molecule has 0 aliphatic carbocycles. The minimum absolute atomic E-state index is 0.0639. The van der Waals surface area contributed by atoms with E-state index < -0.39 is 17.1 Å². The zero-order chi connectivity index (χ0) is 15.3. The first-order valence-corrected chi connectivity index (χ1v) is 6.51. The Kier molecular flexibility index (Phi) is 5.21. The number of rotatable bonds is 6. The molecule has 2 amide bonds. The second kappa shape index (κ2) is 6.47. The Morgan fingerprint density at radius 3 is 2.35 bits per heavy atom. The zero-order valence-electron chi connectivity index (χ0n) is 11.7.